The van der Waals surface area contributed by atoms with Crippen LogP contribution in [0, 0.1) is 11.3 Å². The number of nitrogens with one attached hydrogen (secondary N) is 1. The van der Waals surface area contributed by atoms with Gasteiger partial charge in [-0.25, -0.2) is 0 Å². The quantitative estimate of drug-likeness (QED) is 0.496. The molecule has 2 aromatic rings. The summed E-state index contributed by atoms with van der Waals surface area (Å²) in [6.07, 6.45) is 4.90. The number of carbonyl (C=O) groups is 2. The predicted molar refractivity (Wildman–Crippen MR) is 158 cm³/mol. The summed E-state index contributed by atoms with van der Waals surface area (Å²) in [6.45, 7) is 7.73. The molecule has 42 heavy (non-hydrogen) atoms. The van der Waals surface area contributed by atoms with Gasteiger partial charge >= 0.3 is 5.97 Å². The van der Waals surface area contributed by atoms with Crippen LogP contribution in [-0.2, 0) is 14.3 Å². The number of carbonyl (C=O) groups excluding carboxylic acids is 2. The lowest BCUT2D eigenvalue weighted by molar-refractivity contribution is -0.163. The molecule has 2 aliphatic carbocycles. The molecule has 11 heteroatoms. The number of aromatic hydroxyl groups is 1. The van der Waals surface area contributed by atoms with E-state index in [1.807, 2.05) is 18.2 Å². The van der Waals surface area contributed by atoms with E-state index in [0.717, 1.165) is 83.2 Å². The van der Waals surface area contributed by atoms with Gasteiger partial charge in [0.05, 0.1) is 30.5 Å². The Morgan fingerprint density at radius 2 is 1.81 bits per heavy atom. The zero-order valence-electron chi connectivity index (χ0n) is 24.4. The van der Waals surface area contributed by atoms with Crippen LogP contribution in [0.1, 0.15) is 32.1 Å². The highest BCUT2D eigenvalue weighted by Gasteiger charge is 2.56. The van der Waals surface area contributed by atoms with Crippen LogP contribution in [0.3, 0.4) is 0 Å². The summed E-state index contributed by atoms with van der Waals surface area (Å²) in [6, 6.07) is 10.1. The lowest BCUT2D eigenvalue weighted by Crippen LogP contribution is -2.61. The number of phenols is 1. The second-order valence-corrected chi connectivity index (χ2v) is 12.9. The Balaban J connectivity index is 0.862. The van der Waals surface area contributed by atoms with Gasteiger partial charge in [-0.1, -0.05) is 12.1 Å². The summed E-state index contributed by atoms with van der Waals surface area (Å²) in [7, 11) is 1.48. The summed E-state index contributed by atoms with van der Waals surface area (Å²) in [4.78, 5) is 34.3. The number of nitrogens with zero attached hydrogens (tertiary/aromatic N) is 6. The monoisotopic (exact) mass is 575 g/mol. The molecule has 11 nitrogen and oxygen atoms in total. The highest BCUT2D eigenvalue weighted by atomic mass is 16.5. The van der Waals surface area contributed by atoms with E-state index in [4.69, 9.17) is 4.74 Å². The molecule has 4 heterocycles. The minimum Gasteiger partial charge on any atom is -0.507 e. The molecule has 1 aromatic heterocycles. The van der Waals surface area contributed by atoms with Crippen molar-refractivity contribution in [2.24, 2.45) is 11.3 Å². The van der Waals surface area contributed by atoms with E-state index in [2.05, 4.69) is 35.1 Å². The van der Waals surface area contributed by atoms with Crippen molar-refractivity contribution in [1.29, 1.82) is 0 Å². The Labute approximate surface area is 246 Å². The Kier molecular flexibility index (Phi) is 7.17. The van der Waals surface area contributed by atoms with E-state index in [9.17, 15) is 14.7 Å². The summed E-state index contributed by atoms with van der Waals surface area (Å²) in [5, 5.41) is 22.5. The number of para-hydroxylation sites is 1. The fourth-order valence-electron chi connectivity index (χ4n) is 7.98. The standard InChI is InChI=1S/C31H41N7O4/c1-42-30(41)21-15-31(16-21)17-22(18-31)36-9-11-37(12-10-36)28(40)6-7-35-8-13-38-23(20-35)19-32-29-26(38)14-25(33-34-29)24-4-2-3-5-27(24)39/h2-5,14,21-23,39H,6-13,15-20H2,1H3,(H,32,34)/t21-,22-,23-,31?/m0/s1. The third-order valence-corrected chi connectivity index (χ3v) is 10.4. The van der Waals surface area contributed by atoms with E-state index in [-0.39, 0.29) is 29.6 Å². The number of hydrogen-bond acceptors (Lipinski definition) is 10. The molecular weight excluding hydrogens is 534 g/mol. The van der Waals surface area contributed by atoms with Crippen molar-refractivity contribution in [3.05, 3.63) is 30.3 Å². The molecule has 1 spiro atoms. The second kappa shape index (κ2) is 11.0. The fourth-order valence-corrected chi connectivity index (χ4v) is 7.98. The average Bonchev–Trinajstić information content (AvgIpc) is 2.98. The Morgan fingerprint density at radius 3 is 2.57 bits per heavy atom. The van der Waals surface area contributed by atoms with Crippen LogP contribution >= 0.6 is 0 Å². The third kappa shape index (κ3) is 5.06. The van der Waals surface area contributed by atoms with Crippen LogP contribution in [0.5, 0.6) is 5.75 Å². The van der Waals surface area contributed by atoms with Gasteiger partial charge in [0.25, 0.3) is 0 Å². The molecule has 224 valence electrons. The van der Waals surface area contributed by atoms with E-state index in [1.54, 1.807) is 12.1 Å². The first kappa shape index (κ1) is 27.4. The van der Waals surface area contributed by atoms with Gasteiger partial charge in [-0.15, -0.1) is 10.2 Å². The Bertz CT molecular complexity index is 1330. The maximum Gasteiger partial charge on any atom is 0.308 e. The molecule has 2 N–H and O–H groups in total. The minimum atomic E-state index is -0.0482. The number of amides is 1. The lowest BCUT2D eigenvalue weighted by Gasteiger charge is -2.60. The predicted octanol–water partition coefficient (Wildman–Crippen LogP) is 2.03. The third-order valence-electron chi connectivity index (χ3n) is 10.4. The number of anilines is 2. The molecule has 0 bridgehead atoms. The highest BCUT2D eigenvalue weighted by molar-refractivity contribution is 5.77. The molecule has 1 atom stereocenters. The number of methoxy groups -OCH3 is 1. The minimum absolute atomic E-state index is 0.0482. The largest absolute Gasteiger partial charge is 0.507 e. The molecular formula is C31H41N7O4. The number of ether oxygens (including phenoxy) is 1. The van der Waals surface area contributed by atoms with Crippen molar-refractivity contribution < 1.29 is 19.4 Å². The lowest BCUT2D eigenvalue weighted by atomic mass is 9.49. The van der Waals surface area contributed by atoms with Gasteiger partial charge in [0, 0.05) is 76.9 Å². The molecule has 0 unspecified atom stereocenters. The van der Waals surface area contributed by atoms with Crippen molar-refractivity contribution in [1.82, 2.24) is 24.9 Å². The number of rotatable bonds is 6. The number of benzene rings is 1. The van der Waals surface area contributed by atoms with Crippen LogP contribution in [0.25, 0.3) is 11.3 Å². The van der Waals surface area contributed by atoms with Gasteiger partial charge in [-0.2, -0.15) is 0 Å². The van der Waals surface area contributed by atoms with E-state index in [1.165, 1.54) is 20.0 Å². The summed E-state index contributed by atoms with van der Waals surface area (Å²) < 4.78 is 4.90. The van der Waals surface area contributed by atoms with Crippen molar-refractivity contribution in [3.63, 3.8) is 0 Å². The molecule has 4 fully saturated rings. The normalized spacial score (nSPS) is 29.1. The summed E-state index contributed by atoms with van der Waals surface area (Å²) in [5.41, 5.74) is 2.73. The second-order valence-electron chi connectivity index (χ2n) is 12.9. The van der Waals surface area contributed by atoms with Crippen LogP contribution in [-0.4, -0.2) is 120 Å². The van der Waals surface area contributed by atoms with Gasteiger partial charge < -0.3 is 25.0 Å². The maximum atomic E-state index is 13.1. The zero-order chi connectivity index (χ0) is 28.8. The number of aromatic nitrogens is 2. The van der Waals surface area contributed by atoms with Gasteiger partial charge in [0.15, 0.2) is 5.82 Å². The van der Waals surface area contributed by atoms with Crippen molar-refractivity contribution >= 4 is 23.4 Å². The average molecular weight is 576 g/mol. The molecule has 3 aliphatic heterocycles. The first-order valence-electron chi connectivity index (χ1n) is 15.4. The van der Waals surface area contributed by atoms with Gasteiger partial charge in [-0.3, -0.25) is 19.4 Å². The fraction of sp³-hybridized carbons (Fsp3) is 0.613. The number of fused-ring (bicyclic) bond motifs is 3. The smallest absolute Gasteiger partial charge is 0.308 e. The molecule has 1 aromatic carbocycles. The Morgan fingerprint density at radius 1 is 1.02 bits per heavy atom. The Hall–Kier alpha value is -3.44. The molecule has 0 radical (unpaired) electrons. The SMILES string of the molecule is COC(=O)[C@H]1CC2(C1)C[C@H](N1CCN(C(=O)CCN3CCN4c5cc(-c6ccccc6O)nnc5NC[C@H]4C3)CC1)C2. The van der Waals surface area contributed by atoms with Crippen molar-refractivity contribution in [3.8, 4) is 17.0 Å². The van der Waals surface area contributed by atoms with Crippen molar-refractivity contribution in [2.75, 3.05) is 76.2 Å². The van der Waals surface area contributed by atoms with Crippen LogP contribution in [0.4, 0.5) is 11.5 Å². The van der Waals surface area contributed by atoms with Gasteiger partial charge in [0.1, 0.15) is 5.75 Å². The summed E-state index contributed by atoms with van der Waals surface area (Å²) in [5.74, 6) is 1.30. The highest BCUT2D eigenvalue weighted by Crippen LogP contribution is 2.60. The first-order valence-corrected chi connectivity index (χ1v) is 15.4. The molecule has 2 saturated heterocycles. The van der Waals surface area contributed by atoms with Gasteiger partial charge in [0.2, 0.25) is 5.91 Å². The van der Waals surface area contributed by atoms with Gasteiger partial charge in [-0.05, 0) is 49.3 Å². The zero-order valence-corrected chi connectivity index (χ0v) is 24.4. The number of phenolic OH excluding ortho intramolecular Hbond substituents is 1. The van der Waals surface area contributed by atoms with Crippen LogP contribution < -0.4 is 10.2 Å². The molecule has 1 amide bonds. The van der Waals surface area contributed by atoms with E-state index >= 15 is 0 Å². The van der Waals surface area contributed by atoms with E-state index in [0.29, 0.717) is 29.1 Å². The maximum absolute atomic E-state index is 13.1. The molecule has 7 rings (SSSR count). The molecule has 5 aliphatic rings. The first-order chi connectivity index (χ1) is 20.4. The summed E-state index contributed by atoms with van der Waals surface area (Å²) >= 11 is 0. The van der Waals surface area contributed by atoms with Crippen molar-refractivity contribution in [2.45, 2.75) is 44.2 Å². The number of piperazine rings is 2. The number of hydrogen-bond donors (Lipinski definition) is 2. The topological polar surface area (TPSA) is 114 Å². The molecule has 2 saturated carbocycles. The van der Waals surface area contributed by atoms with Crippen LogP contribution in [0.2, 0.25) is 0 Å². The van der Waals surface area contributed by atoms with E-state index < -0.39 is 0 Å². The van der Waals surface area contributed by atoms with Crippen LogP contribution in [0.15, 0.2) is 30.3 Å². The number of esters is 1.